The number of carbonyl (C=O) groups is 1. The van der Waals surface area contributed by atoms with Gasteiger partial charge >= 0.3 is 0 Å². The lowest BCUT2D eigenvalue weighted by atomic mass is 10.1. The first-order chi connectivity index (χ1) is 8.77. The molecular weight excluding hydrogens is 222 g/mol. The second kappa shape index (κ2) is 8.73. The molecule has 0 fully saturated rings. The van der Waals surface area contributed by atoms with Crippen molar-refractivity contribution in [3.63, 3.8) is 0 Å². The summed E-state index contributed by atoms with van der Waals surface area (Å²) in [7, 11) is 0. The van der Waals surface area contributed by atoms with Crippen molar-refractivity contribution in [3.8, 4) is 0 Å². The van der Waals surface area contributed by atoms with Crippen molar-refractivity contribution in [1.29, 1.82) is 0 Å². The number of amides is 1. The molecule has 0 spiro atoms. The number of nitrogens with zero attached hydrogens (tertiary/aromatic N) is 1. The first kappa shape index (κ1) is 14.7. The van der Waals surface area contributed by atoms with Crippen LogP contribution in [0.3, 0.4) is 0 Å². The van der Waals surface area contributed by atoms with E-state index in [0.717, 1.165) is 38.8 Å². The highest BCUT2D eigenvalue weighted by atomic mass is 16.2. The average molecular weight is 247 g/mol. The standard InChI is InChI=1S/C16H25NO/c1-3-5-13-17(16(18)9-4-2)14-12-15-10-7-6-8-11-15/h6-8,10-11H,3-5,9,12-14H2,1-2H3. The second-order valence-corrected chi connectivity index (χ2v) is 4.72. The van der Waals surface area contributed by atoms with Gasteiger partial charge in [-0.25, -0.2) is 0 Å². The average Bonchev–Trinajstić information content (AvgIpc) is 2.40. The van der Waals surface area contributed by atoms with E-state index in [2.05, 4.69) is 38.1 Å². The minimum absolute atomic E-state index is 0.307. The van der Waals surface area contributed by atoms with Crippen molar-refractivity contribution in [2.45, 2.75) is 46.0 Å². The molecule has 100 valence electrons. The van der Waals surface area contributed by atoms with E-state index in [1.54, 1.807) is 0 Å². The summed E-state index contributed by atoms with van der Waals surface area (Å²) in [6.45, 7) is 5.98. The van der Waals surface area contributed by atoms with Crippen LogP contribution in [-0.2, 0) is 11.2 Å². The van der Waals surface area contributed by atoms with Gasteiger partial charge in [0.15, 0.2) is 0 Å². The maximum absolute atomic E-state index is 12.0. The number of carbonyl (C=O) groups excluding carboxylic acids is 1. The monoisotopic (exact) mass is 247 g/mol. The van der Waals surface area contributed by atoms with Crippen LogP contribution in [0.15, 0.2) is 30.3 Å². The van der Waals surface area contributed by atoms with E-state index in [1.165, 1.54) is 5.56 Å². The SMILES string of the molecule is CCCCN(CCc1ccccc1)C(=O)CCC. The van der Waals surface area contributed by atoms with Crippen LogP contribution < -0.4 is 0 Å². The van der Waals surface area contributed by atoms with E-state index < -0.39 is 0 Å². The molecule has 2 heteroatoms. The smallest absolute Gasteiger partial charge is 0.222 e. The Bertz CT molecular complexity index is 334. The van der Waals surface area contributed by atoms with Gasteiger partial charge in [-0.2, -0.15) is 0 Å². The summed E-state index contributed by atoms with van der Waals surface area (Å²) in [5.41, 5.74) is 1.31. The Hall–Kier alpha value is -1.31. The quantitative estimate of drug-likeness (QED) is 0.686. The van der Waals surface area contributed by atoms with Crippen LogP contribution in [0.1, 0.15) is 45.1 Å². The van der Waals surface area contributed by atoms with Crippen molar-refractivity contribution in [3.05, 3.63) is 35.9 Å². The van der Waals surface area contributed by atoms with E-state index in [0.29, 0.717) is 12.3 Å². The van der Waals surface area contributed by atoms with Crippen molar-refractivity contribution in [2.24, 2.45) is 0 Å². The minimum Gasteiger partial charge on any atom is -0.342 e. The Morgan fingerprint density at radius 1 is 1.06 bits per heavy atom. The summed E-state index contributed by atoms with van der Waals surface area (Å²) >= 11 is 0. The first-order valence-electron chi connectivity index (χ1n) is 7.09. The lowest BCUT2D eigenvalue weighted by Crippen LogP contribution is -2.33. The number of hydrogen-bond donors (Lipinski definition) is 0. The molecule has 0 heterocycles. The molecule has 0 aliphatic rings. The van der Waals surface area contributed by atoms with Crippen LogP contribution in [0.5, 0.6) is 0 Å². The molecule has 0 atom stereocenters. The molecule has 0 aliphatic carbocycles. The molecular formula is C16H25NO. The van der Waals surface area contributed by atoms with Gasteiger partial charge in [0.1, 0.15) is 0 Å². The Kier molecular flexibility index (Phi) is 7.16. The van der Waals surface area contributed by atoms with Crippen LogP contribution in [-0.4, -0.2) is 23.9 Å². The van der Waals surface area contributed by atoms with Gasteiger partial charge in [-0.15, -0.1) is 0 Å². The summed E-state index contributed by atoms with van der Waals surface area (Å²) in [6.07, 6.45) is 4.82. The Morgan fingerprint density at radius 2 is 1.78 bits per heavy atom. The molecule has 0 aliphatic heterocycles. The Morgan fingerprint density at radius 3 is 2.39 bits per heavy atom. The van der Waals surface area contributed by atoms with E-state index in [9.17, 15) is 4.79 Å². The summed E-state index contributed by atoms with van der Waals surface area (Å²) in [4.78, 5) is 14.0. The zero-order chi connectivity index (χ0) is 13.2. The van der Waals surface area contributed by atoms with E-state index in [4.69, 9.17) is 0 Å². The van der Waals surface area contributed by atoms with Crippen LogP contribution in [0.2, 0.25) is 0 Å². The first-order valence-corrected chi connectivity index (χ1v) is 7.09. The highest BCUT2D eigenvalue weighted by molar-refractivity contribution is 5.76. The third kappa shape index (κ3) is 5.35. The number of unbranched alkanes of at least 4 members (excludes halogenated alkanes) is 1. The van der Waals surface area contributed by atoms with Gasteiger partial charge in [0.2, 0.25) is 5.91 Å². The maximum atomic E-state index is 12.0. The molecule has 0 radical (unpaired) electrons. The van der Waals surface area contributed by atoms with Crippen LogP contribution in [0.25, 0.3) is 0 Å². The fourth-order valence-corrected chi connectivity index (χ4v) is 1.99. The van der Waals surface area contributed by atoms with E-state index in [-0.39, 0.29) is 0 Å². The molecule has 0 bridgehead atoms. The Labute approximate surface area is 111 Å². The normalized spacial score (nSPS) is 10.3. The summed E-state index contributed by atoms with van der Waals surface area (Å²) in [5, 5.41) is 0. The largest absolute Gasteiger partial charge is 0.342 e. The molecule has 0 N–H and O–H groups in total. The van der Waals surface area contributed by atoms with E-state index in [1.807, 2.05) is 11.0 Å². The molecule has 18 heavy (non-hydrogen) atoms. The minimum atomic E-state index is 0.307. The topological polar surface area (TPSA) is 20.3 Å². The molecule has 1 aromatic rings. The van der Waals surface area contributed by atoms with Crippen LogP contribution >= 0.6 is 0 Å². The fourth-order valence-electron chi connectivity index (χ4n) is 1.99. The maximum Gasteiger partial charge on any atom is 0.222 e. The van der Waals surface area contributed by atoms with Crippen LogP contribution in [0.4, 0.5) is 0 Å². The molecule has 0 aromatic heterocycles. The zero-order valence-corrected chi connectivity index (χ0v) is 11.7. The van der Waals surface area contributed by atoms with Crippen molar-refractivity contribution in [1.82, 2.24) is 4.90 Å². The highest BCUT2D eigenvalue weighted by Crippen LogP contribution is 2.05. The van der Waals surface area contributed by atoms with Crippen molar-refractivity contribution < 1.29 is 4.79 Å². The molecule has 0 unspecified atom stereocenters. The van der Waals surface area contributed by atoms with Crippen molar-refractivity contribution >= 4 is 5.91 Å². The molecule has 1 aromatic carbocycles. The summed E-state index contributed by atoms with van der Waals surface area (Å²) in [6, 6.07) is 10.4. The highest BCUT2D eigenvalue weighted by Gasteiger charge is 2.11. The van der Waals surface area contributed by atoms with Gasteiger partial charge in [-0.1, -0.05) is 50.6 Å². The molecule has 0 saturated heterocycles. The van der Waals surface area contributed by atoms with E-state index >= 15 is 0 Å². The molecule has 1 amide bonds. The van der Waals surface area contributed by atoms with Crippen LogP contribution in [0, 0.1) is 0 Å². The predicted octanol–water partition coefficient (Wildman–Crippen LogP) is 3.66. The lowest BCUT2D eigenvalue weighted by molar-refractivity contribution is -0.131. The lowest BCUT2D eigenvalue weighted by Gasteiger charge is -2.22. The number of benzene rings is 1. The number of hydrogen-bond acceptors (Lipinski definition) is 1. The van der Waals surface area contributed by atoms with Crippen molar-refractivity contribution in [2.75, 3.05) is 13.1 Å². The van der Waals surface area contributed by atoms with Gasteiger partial charge in [0, 0.05) is 19.5 Å². The van der Waals surface area contributed by atoms with Gasteiger partial charge in [-0.05, 0) is 24.8 Å². The molecule has 0 saturated carbocycles. The third-order valence-corrected chi connectivity index (χ3v) is 3.11. The van der Waals surface area contributed by atoms with Gasteiger partial charge in [0.05, 0.1) is 0 Å². The second-order valence-electron chi connectivity index (χ2n) is 4.72. The molecule has 1 rings (SSSR count). The number of rotatable bonds is 8. The third-order valence-electron chi connectivity index (χ3n) is 3.11. The fraction of sp³-hybridized carbons (Fsp3) is 0.562. The predicted molar refractivity (Wildman–Crippen MR) is 76.5 cm³/mol. The summed E-state index contributed by atoms with van der Waals surface area (Å²) < 4.78 is 0. The summed E-state index contributed by atoms with van der Waals surface area (Å²) in [5.74, 6) is 0.307. The van der Waals surface area contributed by atoms with Gasteiger partial charge in [0.25, 0.3) is 0 Å². The van der Waals surface area contributed by atoms with Gasteiger partial charge in [-0.3, -0.25) is 4.79 Å². The van der Waals surface area contributed by atoms with Gasteiger partial charge < -0.3 is 4.90 Å². The zero-order valence-electron chi connectivity index (χ0n) is 11.7. The Balaban J connectivity index is 2.47. The molecule has 2 nitrogen and oxygen atoms in total.